The quantitative estimate of drug-likeness (QED) is 0.751. The average molecular weight is 275 g/mol. The summed E-state index contributed by atoms with van der Waals surface area (Å²) in [5, 5.41) is 10.2. The van der Waals surface area contributed by atoms with Gasteiger partial charge in [-0.15, -0.1) is 0 Å². The molecule has 112 valence electrons. The van der Waals surface area contributed by atoms with E-state index in [1.165, 1.54) is 16.8 Å². The fraction of sp³-hybridized carbons (Fsp3) is 0.667. The third kappa shape index (κ3) is 1.51. The molecule has 1 aliphatic heterocycles. The summed E-state index contributed by atoms with van der Waals surface area (Å²) in [5.74, 6) is 0.402. The van der Waals surface area contributed by atoms with Gasteiger partial charge in [-0.2, -0.15) is 0 Å². The Bertz CT molecular complexity index is 567. The number of benzene rings is 1. The second-order valence-corrected chi connectivity index (χ2v) is 7.93. The Morgan fingerprint density at radius 3 is 2.00 bits per heavy atom. The molecule has 1 aromatic carbocycles. The maximum Gasteiger partial charge on any atom is 0.120 e. The summed E-state index contributed by atoms with van der Waals surface area (Å²) in [5.41, 5.74) is 4.91. The van der Waals surface area contributed by atoms with Crippen LogP contribution in [0.15, 0.2) is 6.07 Å². The molecule has 1 aliphatic rings. The van der Waals surface area contributed by atoms with Gasteiger partial charge in [-0.25, -0.2) is 0 Å². The lowest BCUT2D eigenvalue weighted by Crippen LogP contribution is -2.63. The van der Waals surface area contributed by atoms with Crippen molar-refractivity contribution in [3.63, 3.8) is 0 Å². The minimum Gasteiger partial charge on any atom is -0.508 e. The number of anilines is 1. The molecule has 0 saturated heterocycles. The first-order valence-electron chi connectivity index (χ1n) is 7.45. The van der Waals surface area contributed by atoms with Gasteiger partial charge >= 0.3 is 0 Å². The first kappa shape index (κ1) is 15.2. The summed E-state index contributed by atoms with van der Waals surface area (Å²) in [6.07, 6.45) is 0. The van der Waals surface area contributed by atoms with Gasteiger partial charge in [-0.1, -0.05) is 27.7 Å². The monoisotopic (exact) mass is 275 g/mol. The van der Waals surface area contributed by atoms with Crippen molar-refractivity contribution in [1.29, 1.82) is 0 Å². The lowest BCUT2D eigenvalue weighted by Gasteiger charge is -2.62. The van der Waals surface area contributed by atoms with E-state index in [2.05, 4.69) is 60.4 Å². The fourth-order valence-electron chi connectivity index (χ4n) is 3.87. The number of aryl methyl sites for hydroxylation is 1. The Hall–Kier alpha value is -1.18. The highest BCUT2D eigenvalue weighted by Gasteiger charge is 2.56. The number of phenolic OH excluding ortho intramolecular Hbond substituents is 1. The van der Waals surface area contributed by atoms with Crippen LogP contribution in [0.1, 0.15) is 58.2 Å². The molecule has 20 heavy (non-hydrogen) atoms. The number of hydrogen-bond acceptors (Lipinski definition) is 2. The van der Waals surface area contributed by atoms with Crippen LogP contribution >= 0.6 is 0 Å². The molecule has 0 aromatic heterocycles. The summed E-state index contributed by atoms with van der Waals surface area (Å²) >= 11 is 0. The van der Waals surface area contributed by atoms with Gasteiger partial charge in [-0.3, -0.25) is 0 Å². The highest BCUT2D eigenvalue weighted by molar-refractivity contribution is 5.71. The molecule has 0 saturated carbocycles. The van der Waals surface area contributed by atoms with Crippen LogP contribution in [0.4, 0.5) is 5.69 Å². The third-order valence-corrected chi connectivity index (χ3v) is 6.61. The SMILES string of the molecule is Cc1cc(O)c(C)c2c1C(C)(C)C(C)(C)C(C)(C)N2C. The van der Waals surface area contributed by atoms with Gasteiger partial charge in [0.15, 0.2) is 0 Å². The van der Waals surface area contributed by atoms with E-state index in [1.54, 1.807) is 0 Å². The molecule has 2 heteroatoms. The Balaban J connectivity index is 2.95. The first-order chi connectivity index (χ1) is 8.87. The van der Waals surface area contributed by atoms with Gasteiger partial charge in [0.1, 0.15) is 5.75 Å². The van der Waals surface area contributed by atoms with E-state index in [0.717, 1.165) is 5.56 Å². The number of aromatic hydroxyl groups is 1. The van der Waals surface area contributed by atoms with E-state index < -0.39 is 0 Å². The third-order valence-electron chi connectivity index (χ3n) is 6.61. The zero-order valence-corrected chi connectivity index (χ0v) is 14.5. The van der Waals surface area contributed by atoms with Gasteiger partial charge in [0, 0.05) is 23.8 Å². The molecule has 1 heterocycles. The Kier molecular flexibility index (Phi) is 2.99. The van der Waals surface area contributed by atoms with Gasteiger partial charge in [-0.05, 0) is 55.7 Å². The molecule has 0 unspecified atom stereocenters. The lowest BCUT2D eigenvalue weighted by molar-refractivity contribution is 0.0801. The molecule has 0 fully saturated rings. The van der Waals surface area contributed by atoms with Crippen molar-refractivity contribution in [3.05, 3.63) is 22.8 Å². The van der Waals surface area contributed by atoms with Crippen LogP contribution in [-0.2, 0) is 5.41 Å². The van der Waals surface area contributed by atoms with Crippen molar-refractivity contribution in [3.8, 4) is 5.75 Å². The smallest absolute Gasteiger partial charge is 0.120 e. The Morgan fingerprint density at radius 2 is 1.50 bits per heavy atom. The molecule has 0 aliphatic carbocycles. The van der Waals surface area contributed by atoms with Crippen LogP contribution in [0.2, 0.25) is 0 Å². The maximum absolute atomic E-state index is 10.2. The van der Waals surface area contributed by atoms with Crippen molar-refractivity contribution < 1.29 is 5.11 Å². The number of rotatable bonds is 0. The molecule has 1 aromatic rings. The van der Waals surface area contributed by atoms with Crippen LogP contribution in [0.3, 0.4) is 0 Å². The van der Waals surface area contributed by atoms with E-state index in [9.17, 15) is 5.11 Å². The summed E-state index contributed by atoms with van der Waals surface area (Å²) < 4.78 is 0. The molecule has 1 N–H and O–H groups in total. The minimum atomic E-state index is 0.00843. The Morgan fingerprint density at radius 1 is 1.00 bits per heavy atom. The fourth-order valence-corrected chi connectivity index (χ4v) is 3.87. The molecule has 0 spiro atoms. The highest BCUT2D eigenvalue weighted by Crippen LogP contribution is 2.59. The van der Waals surface area contributed by atoms with E-state index in [4.69, 9.17) is 0 Å². The van der Waals surface area contributed by atoms with Crippen molar-refractivity contribution in [2.24, 2.45) is 5.41 Å². The molecule has 2 nitrogen and oxygen atoms in total. The molecular weight excluding hydrogens is 246 g/mol. The summed E-state index contributed by atoms with van der Waals surface area (Å²) in [6, 6.07) is 1.91. The van der Waals surface area contributed by atoms with Crippen molar-refractivity contribution >= 4 is 5.69 Å². The standard InChI is InChI=1S/C18H29NO/c1-11-10-13(20)12(2)15-14(11)16(3,4)17(5,6)18(7,8)19(15)9/h10,20H,1-9H3. The maximum atomic E-state index is 10.2. The molecule has 0 radical (unpaired) electrons. The minimum absolute atomic E-state index is 0.00843. The summed E-state index contributed by atoms with van der Waals surface area (Å²) in [4.78, 5) is 2.36. The van der Waals surface area contributed by atoms with Crippen LogP contribution in [0.5, 0.6) is 5.75 Å². The highest BCUT2D eigenvalue weighted by atomic mass is 16.3. The van der Waals surface area contributed by atoms with E-state index in [1.807, 2.05) is 13.0 Å². The van der Waals surface area contributed by atoms with Gasteiger partial charge in [0.2, 0.25) is 0 Å². The lowest BCUT2D eigenvalue weighted by atomic mass is 9.52. The molecule has 0 amide bonds. The second kappa shape index (κ2) is 3.93. The number of fused-ring (bicyclic) bond motifs is 1. The zero-order chi connectivity index (χ0) is 15.7. The predicted octanol–water partition coefficient (Wildman–Crippen LogP) is 4.54. The summed E-state index contributed by atoms with van der Waals surface area (Å²) in [6.45, 7) is 18.1. The number of nitrogens with zero attached hydrogens (tertiary/aromatic N) is 1. The normalized spacial score (nSPS) is 22.6. The molecule has 2 rings (SSSR count). The van der Waals surface area contributed by atoms with Gasteiger partial charge < -0.3 is 10.0 Å². The van der Waals surface area contributed by atoms with E-state index >= 15 is 0 Å². The molecule has 0 atom stereocenters. The zero-order valence-electron chi connectivity index (χ0n) is 14.5. The summed E-state index contributed by atoms with van der Waals surface area (Å²) in [7, 11) is 2.15. The van der Waals surface area contributed by atoms with Crippen LogP contribution in [0, 0.1) is 19.3 Å². The van der Waals surface area contributed by atoms with Crippen LogP contribution in [-0.4, -0.2) is 17.7 Å². The van der Waals surface area contributed by atoms with Crippen molar-refractivity contribution in [2.45, 2.75) is 66.3 Å². The van der Waals surface area contributed by atoms with Crippen molar-refractivity contribution in [2.75, 3.05) is 11.9 Å². The second-order valence-electron chi connectivity index (χ2n) is 7.93. The van der Waals surface area contributed by atoms with Gasteiger partial charge in [0.25, 0.3) is 0 Å². The predicted molar refractivity (Wildman–Crippen MR) is 86.9 cm³/mol. The largest absolute Gasteiger partial charge is 0.508 e. The van der Waals surface area contributed by atoms with Crippen LogP contribution in [0.25, 0.3) is 0 Å². The molecule has 0 bridgehead atoms. The van der Waals surface area contributed by atoms with Crippen LogP contribution < -0.4 is 4.90 Å². The van der Waals surface area contributed by atoms with Gasteiger partial charge in [0.05, 0.1) is 0 Å². The Labute approximate surface area is 123 Å². The van der Waals surface area contributed by atoms with E-state index in [0.29, 0.717) is 5.75 Å². The number of hydrogen-bond donors (Lipinski definition) is 1. The number of phenols is 1. The van der Waals surface area contributed by atoms with E-state index in [-0.39, 0.29) is 16.4 Å². The molecular formula is C18H29NO. The first-order valence-corrected chi connectivity index (χ1v) is 7.45. The average Bonchev–Trinajstić information content (AvgIpc) is 2.30. The topological polar surface area (TPSA) is 23.5 Å². The van der Waals surface area contributed by atoms with Crippen molar-refractivity contribution in [1.82, 2.24) is 0 Å².